The topological polar surface area (TPSA) is 46.3 Å². The van der Waals surface area contributed by atoms with Gasteiger partial charge in [-0.1, -0.05) is 30.3 Å². The molecule has 0 unspecified atom stereocenters. The Kier molecular flexibility index (Phi) is 3.98. The monoisotopic (exact) mass is 306 g/mol. The van der Waals surface area contributed by atoms with Crippen molar-refractivity contribution >= 4 is 22.9 Å². The lowest BCUT2D eigenvalue weighted by Gasteiger charge is -2.11. The number of aromatic nitrogens is 1. The molecule has 0 amide bonds. The van der Waals surface area contributed by atoms with Crippen molar-refractivity contribution in [2.75, 3.05) is 14.1 Å². The molecule has 0 saturated carbocycles. The van der Waals surface area contributed by atoms with E-state index in [1.807, 2.05) is 74.6 Å². The second kappa shape index (κ2) is 6.08. The predicted octanol–water partition coefficient (Wildman–Crippen LogP) is 3.86. The third-order valence-corrected chi connectivity index (χ3v) is 3.50. The Bertz CT molecular complexity index is 936. The van der Waals surface area contributed by atoms with E-state index in [0.29, 0.717) is 22.6 Å². The Morgan fingerprint density at radius 1 is 1.13 bits per heavy atom. The summed E-state index contributed by atoms with van der Waals surface area (Å²) in [6.45, 7) is 1.93. The van der Waals surface area contributed by atoms with Gasteiger partial charge in [0.05, 0.1) is 0 Å². The summed E-state index contributed by atoms with van der Waals surface area (Å²) in [6.07, 6.45) is 7.55. The van der Waals surface area contributed by atoms with Crippen LogP contribution in [0.25, 0.3) is 34.4 Å². The normalized spacial score (nSPS) is 12.0. The molecule has 0 N–H and O–H groups in total. The van der Waals surface area contributed by atoms with E-state index in [9.17, 15) is 4.79 Å². The Labute approximate surface area is 134 Å². The van der Waals surface area contributed by atoms with Crippen LogP contribution in [0.15, 0.2) is 51.8 Å². The van der Waals surface area contributed by atoms with Crippen molar-refractivity contribution in [1.82, 2.24) is 9.88 Å². The first-order chi connectivity index (χ1) is 11.1. The summed E-state index contributed by atoms with van der Waals surface area (Å²) in [5, 5.41) is 1.47. The molecule has 1 aliphatic heterocycles. The van der Waals surface area contributed by atoms with E-state index in [1.165, 1.54) is 6.07 Å². The molecule has 116 valence electrons. The molecule has 0 fully saturated rings. The Morgan fingerprint density at radius 2 is 1.87 bits per heavy atom. The van der Waals surface area contributed by atoms with Gasteiger partial charge in [-0.15, -0.1) is 0 Å². The van der Waals surface area contributed by atoms with E-state index < -0.39 is 0 Å². The number of allylic oxidation sites excluding steroid dienone is 1. The molecule has 1 aromatic rings. The Hall–Kier alpha value is -2.88. The lowest BCUT2D eigenvalue weighted by atomic mass is 10.0. The van der Waals surface area contributed by atoms with Crippen molar-refractivity contribution in [3.8, 4) is 11.5 Å². The maximum atomic E-state index is 12.3. The zero-order valence-electron chi connectivity index (χ0n) is 13.4. The van der Waals surface area contributed by atoms with Crippen LogP contribution in [-0.4, -0.2) is 24.0 Å². The molecule has 1 aromatic carbocycles. The van der Waals surface area contributed by atoms with Crippen LogP contribution in [0.5, 0.6) is 0 Å². The molecular formula is C19H18N2O2. The van der Waals surface area contributed by atoms with Crippen LogP contribution in [0.4, 0.5) is 0 Å². The maximum absolute atomic E-state index is 12.3. The minimum absolute atomic E-state index is 0.0556. The summed E-state index contributed by atoms with van der Waals surface area (Å²) in [4.78, 5) is 18.9. The van der Waals surface area contributed by atoms with Crippen molar-refractivity contribution in [3.05, 3.63) is 64.3 Å². The minimum Gasteiger partial charge on any atom is -0.453 e. The third kappa shape index (κ3) is 2.88. The van der Waals surface area contributed by atoms with Gasteiger partial charge in [0.1, 0.15) is 11.4 Å². The predicted molar refractivity (Wildman–Crippen MR) is 94.3 cm³/mol. The fraction of sp³-hybridized carbons (Fsp3) is 0.158. The fourth-order valence-corrected chi connectivity index (χ4v) is 2.46. The summed E-state index contributed by atoms with van der Waals surface area (Å²) >= 11 is 0. The zero-order chi connectivity index (χ0) is 16.4. The molecule has 0 radical (unpaired) electrons. The van der Waals surface area contributed by atoms with E-state index in [0.717, 1.165) is 11.1 Å². The number of hydrogen-bond donors (Lipinski definition) is 0. The number of hydrogen-bond acceptors (Lipinski definition) is 4. The molecule has 3 rings (SSSR count). The summed E-state index contributed by atoms with van der Waals surface area (Å²) in [5.74, 6) is 1.12. The standard InChI is InChI=1S/C19H18N2O2/c1-4-7-15-17(10-11-21(2)3)23-18-12-16(22)13-8-5-6-9-14(13)19(18)20-15/h4-12H,1-3H3. The van der Waals surface area contributed by atoms with Crippen LogP contribution >= 0.6 is 0 Å². The van der Waals surface area contributed by atoms with E-state index in [-0.39, 0.29) is 5.43 Å². The highest BCUT2D eigenvalue weighted by molar-refractivity contribution is 5.95. The van der Waals surface area contributed by atoms with Crippen molar-refractivity contribution in [2.45, 2.75) is 6.92 Å². The first-order valence-corrected chi connectivity index (χ1v) is 7.44. The number of nitrogens with zero attached hydrogens (tertiary/aromatic N) is 2. The average Bonchev–Trinajstić information content (AvgIpc) is 2.54. The molecule has 0 spiro atoms. The summed E-state index contributed by atoms with van der Waals surface area (Å²) in [6, 6.07) is 8.98. The number of benzene rings is 2. The van der Waals surface area contributed by atoms with Crippen LogP contribution < -0.4 is 5.43 Å². The highest BCUT2D eigenvalue weighted by atomic mass is 16.3. The van der Waals surface area contributed by atoms with Gasteiger partial charge in [-0.05, 0) is 19.1 Å². The molecule has 2 aliphatic rings. The fourth-order valence-electron chi connectivity index (χ4n) is 2.46. The maximum Gasteiger partial charge on any atom is 0.190 e. The van der Waals surface area contributed by atoms with Crippen LogP contribution in [0.3, 0.4) is 0 Å². The van der Waals surface area contributed by atoms with Crippen molar-refractivity contribution in [1.29, 1.82) is 0 Å². The first-order valence-electron chi connectivity index (χ1n) is 7.44. The van der Waals surface area contributed by atoms with E-state index >= 15 is 0 Å². The third-order valence-electron chi connectivity index (χ3n) is 3.50. The van der Waals surface area contributed by atoms with Gasteiger partial charge in [-0.25, -0.2) is 4.98 Å². The lowest BCUT2D eigenvalue weighted by molar-refractivity contribution is 0.536. The van der Waals surface area contributed by atoms with Gasteiger partial charge in [0.25, 0.3) is 0 Å². The highest BCUT2D eigenvalue weighted by Gasteiger charge is 2.16. The second-order valence-corrected chi connectivity index (χ2v) is 5.51. The summed E-state index contributed by atoms with van der Waals surface area (Å²) in [5.41, 5.74) is 1.39. The number of rotatable bonds is 3. The molecule has 0 atom stereocenters. The van der Waals surface area contributed by atoms with Crippen molar-refractivity contribution in [3.63, 3.8) is 0 Å². The van der Waals surface area contributed by atoms with Gasteiger partial charge in [0, 0.05) is 37.1 Å². The first kappa shape index (κ1) is 15.0. The van der Waals surface area contributed by atoms with Crippen LogP contribution in [0.1, 0.15) is 18.4 Å². The van der Waals surface area contributed by atoms with E-state index in [2.05, 4.69) is 0 Å². The molecule has 0 bridgehead atoms. The molecule has 4 heteroatoms. The van der Waals surface area contributed by atoms with Gasteiger partial charge >= 0.3 is 0 Å². The van der Waals surface area contributed by atoms with E-state index in [4.69, 9.17) is 9.40 Å². The molecular weight excluding hydrogens is 288 g/mol. The van der Waals surface area contributed by atoms with E-state index in [1.54, 1.807) is 0 Å². The molecule has 1 heterocycles. The molecule has 1 aliphatic carbocycles. The zero-order valence-corrected chi connectivity index (χ0v) is 13.4. The Balaban J connectivity index is 2.35. The number of fused-ring (bicyclic) bond motifs is 3. The second-order valence-electron chi connectivity index (χ2n) is 5.51. The molecule has 0 aromatic heterocycles. The van der Waals surface area contributed by atoms with Gasteiger partial charge < -0.3 is 9.32 Å². The lowest BCUT2D eigenvalue weighted by Crippen LogP contribution is -2.05. The van der Waals surface area contributed by atoms with Crippen LogP contribution in [-0.2, 0) is 0 Å². The summed E-state index contributed by atoms with van der Waals surface area (Å²) < 4.78 is 5.96. The van der Waals surface area contributed by atoms with Gasteiger partial charge in [0.2, 0.25) is 0 Å². The van der Waals surface area contributed by atoms with Crippen LogP contribution in [0.2, 0.25) is 0 Å². The molecule has 23 heavy (non-hydrogen) atoms. The minimum atomic E-state index is -0.0556. The molecule has 4 nitrogen and oxygen atoms in total. The smallest absolute Gasteiger partial charge is 0.190 e. The van der Waals surface area contributed by atoms with Crippen LogP contribution in [0, 0.1) is 0 Å². The quantitative estimate of drug-likeness (QED) is 0.689. The van der Waals surface area contributed by atoms with Gasteiger partial charge in [-0.2, -0.15) is 0 Å². The largest absolute Gasteiger partial charge is 0.453 e. The van der Waals surface area contributed by atoms with Crippen molar-refractivity contribution in [2.24, 2.45) is 0 Å². The highest BCUT2D eigenvalue weighted by Crippen LogP contribution is 2.29. The van der Waals surface area contributed by atoms with Gasteiger partial charge in [0.15, 0.2) is 16.9 Å². The average molecular weight is 306 g/mol. The summed E-state index contributed by atoms with van der Waals surface area (Å²) in [7, 11) is 3.87. The van der Waals surface area contributed by atoms with Crippen molar-refractivity contribution < 1.29 is 4.42 Å². The van der Waals surface area contributed by atoms with Gasteiger partial charge in [-0.3, -0.25) is 4.79 Å². The SMILES string of the molecule is CC=Cc1nc2c3ccccc3c(=O)cc-2oc1C=CN(C)C. The molecule has 0 saturated heterocycles. The Morgan fingerprint density at radius 3 is 2.57 bits per heavy atom.